The first-order valence-electron chi connectivity index (χ1n) is 6.97. The van der Waals surface area contributed by atoms with Crippen LogP contribution in [0.1, 0.15) is 36.2 Å². The molecule has 2 heterocycles. The summed E-state index contributed by atoms with van der Waals surface area (Å²) in [5.41, 5.74) is 1.54. The first kappa shape index (κ1) is 14.5. The topological polar surface area (TPSA) is 70.5 Å². The van der Waals surface area contributed by atoms with E-state index in [0.29, 0.717) is 25.1 Å². The predicted molar refractivity (Wildman–Crippen MR) is 74.4 cm³/mol. The maximum Gasteiger partial charge on any atom is 0.308 e. The van der Waals surface area contributed by atoms with Crippen molar-refractivity contribution in [3.63, 3.8) is 0 Å². The number of aromatic nitrogens is 1. The lowest BCUT2D eigenvalue weighted by atomic mass is 9.90. The molecule has 20 heavy (non-hydrogen) atoms. The summed E-state index contributed by atoms with van der Waals surface area (Å²) in [5.74, 6) is -1.16. The number of rotatable bonds is 3. The van der Waals surface area contributed by atoms with E-state index in [1.54, 1.807) is 23.4 Å². The van der Waals surface area contributed by atoms with E-state index in [1.165, 1.54) is 0 Å². The van der Waals surface area contributed by atoms with Crippen molar-refractivity contribution in [2.45, 2.75) is 26.7 Å². The van der Waals surface area contributed by atoms with Crippen molar-refractivity contribution < 1.29 is 14.7 Å². The Balaban J connectivity index is 2.21. The molecule has 2 rings (SSSR count). The lowest BCUT2D eigenvalue weighted by Gasteiger charge is -2.35. The highest BCUT2D eigenvalue weighted by Crippen LogP contribution is 2.24. The number of aliphatic carboxylic acids is 1. The second kappa shape index (κ2) is 6.03. The van der Waals surface area contributed by atoms with Gasteiger partial charge in [-0.2, -0.15) is 0 Å². The average molecular weight is 276 g/mol. The number of nitrogens with zero attached hydrogens (tertiary/aromatic N) is 2. The fourth-order valence-electron chi connectivity index (χ4n) is 2.78. The smallest absolute Gasteiger partial charge is 0.308 e. The molecule has 1 amide bonds. The second-order valence-electron chi connectivity index (χ2n) is 5.47. The van der Waals surface area contributed by atoms with Gasteiger partial charge < -0.3 is 10.0 Å². The van der Waals surface area contributed by atoms with Gasteiger partial charge in [-0.3, -0.25) is 14.6 Å². The minimum Gasteiger partial charge on any atom is -0.481 e. The maximum atomic E-state index is 12.6. The van der Waals surface area contributed by atoms with Gasteiger partial charge in [-0.25, -0.2) is 0 Å². The molecule has 0 aliphatic carbocycles. The molecule has 0 saturated carbocycles. The standard InChI is InChI=1S/C15H20N2O3/c1-3-11-7-16-5-4-13(11)14(18)17-8-10(2)6-12(9-17)15(19)20/h4-5,7,10,12H,3,6,8-9H2,1-2H3,(H,19,20). The monoisotopic (exact) mass is 276 g/mol. The van der Waals surface area contributed by atoms with E-state index in [1.807, 2.05) is 13.8 Å². The molecule has 2 atom stereocenters. The molecule has 1 N–H and O–H groups in total. The lowest BCUT2D eigenvalue weighted by molar-refractivity contribution is -0.143. The van der Waals surface area contributed by atoms with Gasteiger partial charge in [-0.1, -0.05) is 13.8 Å². The zero-order valence-corrected chi connectivity index (χ0v) is 11.9. The van der Waals surface area contributed by atoms with E-state index in [9.17, 15) is 14.7 Å². The van der Waals surface area contributed by atoms with Gasteiger partial charge in [-0.15, -0.1) is 0 Å². The molecular weight excluding hydrogens is 256 g/mol. The van der Waals surface area contributed by atoms with Crippen LogP contribution in [-0.4, -0.2) is 40.0 Å². The highest BCUT2D eigenvalue weighted by molar-refractivity contribution is 5.95. The van der Waals surface area contributed by atoms with Crippen LogP contribution in [0.5, 0.6) is 0 Å². The third kappa shape index (κ3) is 2.98. The molecule has 1 fully saturated rings. The number of carboxylic acids is 1. The van der Waals surface area contributed by atoms with Gasteiger partial charge in [0.1, 0.15) is 0 Å². The summed E-state index contributed by atoms with van der Waals surface area (Å²) in [6.07, 6.45) is 4.68. The van der Waals surface area contributed by atoms with Crippen molar-refractivity contribution in [3.8, 4) is 0 Å². The Labute approximate surface area is 118 Å². The van der Waals surface area contributed by atoms with Gasteiger partial charge in [0, 0.05) is 31.0 Å². The van der Waals surface area contributed by atoms with Crippen molar-refractivity contribution >= 4 is 11.9 Å². The largest absolute Gasteiger partial charge is 0.481 e. The number of hydrogen-bond acceptors (Lipinski definition) is 3. The number of likely N-dealkylation sites (tertiary alicyclic amines) is 1. The average Bonchev–Trinajstić information content (AvgIpc) is 2.45. The quantitative estimate of drug-likeness (QED) is 0.914. The number of pyridine rings is 1. The highest BCUT2D eigenvalue weighted by atomic mass is 16.4. The van der Waals surface area contributed by atoms with E-state index in [-0.39, 0.29) is 11.8 Å². The summed E-state index contributed by atoms with van der Waals surface area (Å²) in [6.45, 7) is 4.88. The minimum atomic E-state index is -0.820. The second-order valence-corrected chi connectivity index (χ2v) is 5.47. The number of carbonyl (C=O) groups excluding carboxylic acids is 1. The summed E-state index contributed by atoms with van der Waals surface area (Å²) in [6, 6.07) is 1.72. The molecule has 5 nitrogen and oxygen atoms in total. The SMILES string of the molecule is CCc1cnccc1C(=O)N1CC(C)CC(C(=O)O)C1. The molecule has 1 saturated heterocycles. The van der Waals surface area contributed by atoms with E-state index >= 15 is 0 Å². The number of carboxylic acid groups (broad SMARTS) is 1. The van der Waals surface area contributed by atoms with Crippen LogP contribution >= 0.6 is 0 Å². The summed E-state index contributed by atoms with van der Waals surface area (Å²) >= 11 is 0. The Morgan fingerprint density at radius 2 is 2.20 bits per heavy atom. The minimum absolute atomic E-state index is 0.0814. The summed E-state index contributed by atoms with van der Waals surface area (Å²) in [7, 11) is 0. The maximum absolute atomic E-state index is 12.6. The third-order valence-corrected chi connectivity index (χ3v) is 3.81. The Morgan fingerprint density at radius 3 is 2.85 bits per heavy atom. The van der Waals surface area contributed by atoms with E-state index in [0.717, 1.165) is 12.0 Å². The molecule has 0 radical (unpaired) electrons. The fourth-order valence-corrected chi connectivity index (χ4v) is 2.78. The number of piperidine rings is 1. The zero-order valence-electron chi connectivity index (χ0n) is 11.9. The molecule has 108 valence electrons. The molecule has 5 heteroatoms. The number of carbonyl (C=O) groups is 2. The molecule has 0 bridgehead atoms. The zero-order chi connectivity index (χ0) is 14.7. The Morgan fingerprint density at radius 1 is 1.45 bits per heavy atom. The fraction of sp³-hybridized carbons (Fsp3) is 0.533. The van der Waals surface area contributed by atoms with Crippen LogP contribution in [0.2, 0.25) is 0 Å². The van der Waals surface area contributed by atoms with Crippen LogP contribution in [-0.2, 0) is 11.2 Å². The van der Waals surface area contributed by atoms with Gasteiger partial charge in [0.15, 0.2) is 0 Å². The molecule has 1 aromatic heterocycles. The number of hydrogen-bond donors (Lipinski definition) is 1. The third-order valence-electron chi connectivity index (χ3n) is 3.81. The van der Waals surface area contributed by atoms with Gasteiger partial charge in [0.2, 0.25) is 0 Å². The van der Waals surface area contributed by atoms with Gasteiger partial charge in [0.25, 0.3) is 5.91 Å². The van der Waals surface area contributed by atoms with Crippen LogP contribution in [0.15, 0.2) is 18.5 Å². The predicted octanol–water partition coefficient (Wildman–Crippen LogP) is 1.83. The van der Waals surface area contributed by atoms with Crippen LogP contribution < -0.4 is 0 Å². The van der Waals surface area contributed by atoms with Crippen molar-refractivity contribution in [3.05, 3.63) is 29.6 Å². The van der Waals surface area contributed by atoms with Crippen LogP contribution in [0.25, 0.3) is 0 Å². The molecular formula is C15H20N2O3. The Hall–Kier alpha value is -1.91. The van der Waals surface area contributed by atoms with Gasteiger partial charge in [-0.05, 0) is 30.4 Å². The molecule has 1 aliphatic heterocycles. The Kier molecular flexibility index (Phi) is 4.37. The van der Waals surface area contributed by atoms with Crippen molar-refractivity contribution in [2.75, 3.05) is 13.1 Å². The highest BCUT2D eigenvalue weighted by Gasteiger charge is 2.32. The van der Waals surface area contributed by atoms with Crippen molar-refractivity contribution in [1.29, 1.82) is 0 Å². The first-order valence-corrected chi connectivity index (χ1v) is 6.97. The van der Waals surface area contributed by atoms with Crippen LogP contribution in [0.3, 0.4) is 0 Å². The molecule has 1 aromatic rings. The van der Waals surface area contributed by atoms with Gasteiger partial charge >= 0.3 is 5.97 Å². The van der Waals surface area contributed by atoms with Crippen molar-refractivity contribution in [1.82, 2.24) is 9.88 Å². The molecule has 0 aromatic carbocycles. The van der Waals surface area contributed by atoms with Gasteiger partial charge in [0.05, 0.1) is 5.92 Å². The molecule has 2 unspecified atom stereocenters. The number of amides is 1. The van der Waals surface area contributed by atoms with Crippen LogP contribution in [0, 0.1) is 11.8 Å². The normalized spacial score (nSPS) is 22.6. The van der Waals surface area contributed by atoms with Crippen LogP contribution in [0.4, 0.5) is 0 Å². The Bertz CT molecular complexity index is 516. The van der Waals surface area contributed by atoms with E-state index in [4.69, 9.17) is 0 Å². The molecule has 0 spiro atoms. The summed E-state index contributed by atoms with van der Waals surface area (Å²) in [4.78, 5) is 29.5. The molecule has 1 aliphatic rings. The van der Waals surface area contributed by atoms with E-state index in [2.05, 4.69) is 4.98 Å². The van der Waals surface area contributed by atoms with Crippen molar-refractivity contribution in [2.24, 2.45) is 11.8 Å². The summed E-state index contributed by atoms with van der Waals surface area (Å²) in [5, 5.41) is 9.18. The lowest BCUT2D eigenvalue weighted by Crippen LogP contribution is -2.45. The first-order chi connectivity index (χ1) is 9.52. The van der Waals surface area contributed by atoms with E-state index < -0.39 is 11.9 Å². The summed E-state index contributed by atoms with van der Waals surface area (Å²) < 4.78 is 0. The number of aryl methyl sites for hydroxylation is 1.